The summed E-state index contributed by atoms with van der Waals surface area (Å²) >= 11 is 0. The fraction of sp³-hybridized carbons (Fsp3) is 0. The van der Waals surface area contributed by atoms with Gasteiger partial charge in [-0.25, -0.2) is 4.98 Å². The number of rotatable bonds is 1. The Labute approximate surface area is 103 Å². The molecule has 4 aromatic rings. The van der Waals surface area contributed by atoms with Crippen LogP contribution in [0.3, 0.4) is 0 Å². The Morgan fingerprint density at radius 2 is 1.78 bits per heavy atom. The summed E-state index contributed by atoms with van der Waals surface area (Å²) in [6, 6.07) is 15.8. The molecule has 0 spiro atoms. The van der Waals surface area contributed by atoms with Gasteiger partial charge in [-0.15, -0.1) is 0 Å². The Balaban J connectivity index is 2.04. The molecule has 3 nitrogen and oxygen atoms in total. The standard InChI is InChI=1S/C15H9NO2/c1-2-6-12-10(4-1)8-14(18-12)11-5-3-7-13-15(11)16-9-17-13/h1-9H. The Hall–Kier alpha value is -2.55. The molecule has 0 saturated carbocycles. The van der Waals surface area contributed by atoms with E-state index in [0.717, 1.165) is 33.4 Å². The third kappa shape index (κ3) is 1.27. The molecule has 0 N–H and O–H groups in total. The van der Waals surface area contributed by atoms with Crippen molar-refractivity contribution in [3.63, 3.8) is 0 Å². The first-order chi connectivity index (χ1) is 8.92. The fourth-order valence-corrected chi connectivity index (χ4v) is 2.20. The molecule has 3 heteroatoms. The summed E-state index contributed by atoms with van der Waals surface area (Å²) in [4.78, 5) is 4.24. The fourth-order valence-electron chi connectivity index (χ4n) is 2.20. The largest absolute Gasteiger partial charge is 0.456 e. The van der Waals surface area contributed by atoms with Crippen molar-refractivity contribution in [2.75, 3.05) is 0 Å². The third-order valence-electron chi connectivity index (χ3n) is 3.05. The van der Waals surface area contributed by atoms with Crippen LogP contribution in [0.5, 0.6) is 0 Å². The van der Waals surface area contributed by atoms with Crippen molar-refractivity contribution in [3.05, 3.63) is 54.9 Å². The molecule has 0 bridgehead atoms. The van der Waals surface area contributed by atoms with E-state index in [0.29, 0.717) is 0 Å². The topological polar surface area (TPSA) is 39.2 Å². The average Bonchev–Trinajstić information content (AvgIpc) is 3.04. The molecule has 0 unspecified atom stereocenters. The first-order valence-electron chi connectivity index (χ1n) is 5.73. The van der Waals surface area contributed by atoms with Crippen LogP contribution >= 0.6 is 0 Å². The lowest BCUT2D eigenvalue weighted by molar-refractivity contribution is 0.602. The van der Waals surface area contributed by atoms with Crippen LogP contribution in [0.2, 0.25) is 0 Å². The number of para-hydroxylation sites is 2. The lowest BCUT2D eigenvalue weighted by atomic mass is 10.1. The van der Waals surface area contributed by atoms with E-state index >= 15 is 0 Å². The minimum Gasteiger partial charge on any atom is -0.456 e. The van der Waals surface area contributed by atoms with Crippen LogP contribution < -0.4 is 0 Å². The van der Waals surface area contributed by atoms with Gasteiger partial charge in [0.25, 0.3) is 0 Å². The molecule has 2 heterocycles. The zero-order chi connectivity index (χ0) is 11.9. The molecule has 18 heavy (non-hydrogen) atoms. The van der Waals surface area contributed by atoms with E-state index in [2.05, 4.69) is 4.98 Å². The summed E-state index contributed by atoms with van der Waals surface area (Å²) in [5.41, 5.74) is 3.44. The second-order valence-corrected chi connectivity index (χ2v) is 4.15. The van der Waals surface area contributed by atoms with Gasteiger partial charge in [0.1, 0.15) is 16.9 Å². The van der Waals surface area contributed by atoms with Crippen LogP contribution in [-0.2, 0) is 0 Å². The number of benzene rings is 2. The molecule has 0 amide bonds. The van der Waals surface area contributed by atoms with Gasteiger partial charge in [-0.2, -0.15) is 0 Å². The van der Waals surface area contributed by atoms with Gasteiger partial charge < -0.3 is 8.83 Å². The van der Waals surface area contributed by atoms with E-state index < -0.39 is 0 Å². The van der Waals surface area contributed by atoms with E-state index in [-0.39, 0.29) is 0 Å². The van der Waals surface area contributed by atoms with Crippen LogP contribution in [0, 0.1) is 0 Å². The third-order valence-corrected chi connectivity index (χ3v) is 3.05. The highest BCUT2D eigenvalue weighted by molar-refractivity contribution is 5.92. The van der Waals surface area contributed by atoms with Crippen molar-refractivity contribution in [2.45, 2.75) is 0 Å². The predicted octanol–water partition coefficient (Wildman–Crippen LogP) is 4.24. The zero-order valence-electron chi connectivity index (χ0n) is 9.46. The summed E-state index contributed by atoms with van der Waals surface area (Å²) in [5.74, 6) is 0.815. The monoisotopic (exact) mass is 235 g/mol. The minimum atomic E-state index is 0.771. The van der Waals surface area contributed by atoms with Gasteiger partial charge >= 0.3 is 0 Å². The maximum atomic E-state index is 5.85. The first-order valence-corrected chi connectivity index (χ1v) is 5.73. The number of nitrogens with zero attached hydrogens (tertiary/aromatic N) is 1. The highest BCUT2D eigenvalue weighted by Crippen LogP contribution is 2.31. The van der Waals surface area contributed by atoms with Crippen LogP contribution in [0.15, 0.2) is 63.8 Å². The van der Waals surface area contributed by atoms with Gasteiger partial charge in [0.05, 0.1) is 0 Å². The summed E-state index contributed by atoms with van der Waals surface area (Å²) < 4.78 is 11.2. The highest BCUT2D eigenvalue weighted by Gasteiger charge is 2.11. The Morgan fingerprint density at radius 3 is 2.72 bits per heavy atom. The van der Waals surface area contributed by atoms with Gasteiger partial charge in [-0.3, -0.25) is 0 Å². The van der Waals surface area contributed by atoms with Crippen LogP contribution in [0.1, 0.15) is 0 Å². The van der Waals surface area contributed by atoms with Crippen molar-refractivity contribution in [3.8, 4) is 11.3 Å². The Kier molecular flexibility index (Phi) is 1.83. The molecule has 0 radical (unpaired) electrons. The molecule has 4 rings (SSSR count). The van der Waals surface area contributed by atoms with Gasteiger partial charge in [-0.05, 0) is 24.3 Å². The number of hydrogen-bond acceptors (Lipinski definition) is 3. The minimum absolute atomic E-state index is 0.771. The summed E-state index contributed by atoms with van der Waals surface area (Å²) in [5, 5.41) is 1.09. The van der Waals surface area contributed by atoms with E-state index in [4.69, 9.17) is 8.83 Å². The SMILES string of the molecule is c1ccc2oc(-c3cccc4ocnc34)cc2c1. The maximum absolute atomic E-state index is 5.85. The number of aromatic nitrogens is 1. The molecule has 0 atom stereocenters. The molecular weight excluding hydrogens is 226 g/mol. The van der Waals surface area contributed by atoms with Crippen molar-refractivity contribution in [2.24, 2.45) is 0 Å². The Bertz CT molecular complexity index is 809. The van der Waals surface area contributed by atoms with E-state index in [1.165, 1.54) is 6.39 Å². The molecule has 2 aromatic carbocycles. The number of oxazole rings is 1. The molecule has 0 saturated heterocycles. The van der Waals surface area contributed by atoms with Gasteiger partial charge in [0.15, 0.2) is 12.0 Å². The second kappa shape index (κ2) is 3.47. The average molecular weight is 235 g/mol. The summed E-state index contributed by atoms with van der Waals surface area (Å²) in [6.07, 6.45) is 1.46. The molecule has 86 valence electrons. The van der Waals surface area contributed by atoms with E-state index in [9.17, 15) is 0 Å². The number of fused-ring (bicyclic) bond motifs is 2. The van der Waals surface area contributed by atoms with Gasteiger partial charge in [0, 0.05) is 10.9 Å². The molecule has 0 aliphatic carbocycles. The van der Waals surface area contributed by atoms with Crippen molar-refractivity contribution in [1.29, 1.82) is 0 Å². The lowest BCUT2D eigenvalue weighted by Gasteiger charge is -1.96. The van der Waals surface area contributed by atoms with E-state index in [1.54, 1.807) is 0 Å². The summed E-state index contributed by atoms with van der Waals surface area (Å²) in [7, 11) is 0. The maximum Gasteiger partial charge on any atom is 0.182 e. The molecule has 0 fully saturated rings. The first kappa shape index (κ1) is 9.48. The van der Waals surface area contributed by atoms with Crippen LogP contribution in [0.25, 0.3) is 33.4 Å². The zero-order valence-corrected chi connectivity index (χ0v) is 9.46. The number of hydrogen-bond donors (Lipinski definition) is 0. The molecular formula is C15H9NO2. The van der Waals surface area contributed by atoms with Crippen molar-refractivity contribution in [1.82, 2.24) is 4.98 Å². The normalized spacial score (nSPS) is 11.3. The van der Waals surface area contributed by atoms with Crippen molar-refractivity contribution < 1.29 is 8.83 Å². The lowest BCUT2D eigenvalue weighted by Crippen LogP contribution is -1.76. The Morgan fingerprint density at radius 1 is 0.889 bits per heavy atom. The van der Waals surface area contributed by atoms with Crippen LogP contribution in [0.4, 0.5) is 0 Å². The molecule has 2 aromatic heterocycles. The number of furan rings is 1. The predicted molar refractivity (Wildman–Crippen MR) is 69.2 cm³/mol. The highest BCUT2D eigenvalue weighted by atomic mass is 16.3. The van der Waals surface area contributed by atoms with Crippen molar-refractivity contribution >= 4 is 22.1 Å². The quantitative estimate of drug-likeness (QED) is 0.495. The van der Waals surface area contributed by atoms with Crippen LogP contribution in [-0.4, -0.2) is 4.98 Å². The molecule has 0 aliphatic heterocycles. The second-order valence-electron chi connectivity index (χ2n) is 4.15. The van der Waals surface area contributed by atoms with Gasteiger partial charge in [0.2, 0.25) is 0 Å². The van der Waals surface area contributed by atoms with Gasteiger partial charge in [-0.1, -0.05) is 24.3 Å². The van der Waals surface area contributed by atoms with E-state index in [1.807, 2.05) is 48.5 Å². The molecule has 0 aliphatic rings. The summed E-state index contributed by atoms with van der Waals surface area (Å²) in [6.45, 7) is 0. The smallest absolute Gasteiger partial charge is 0.182 e.